The molecular weight excluding hydrogens is 362 g/mol. The van der Waals surface area contributed by atoms with Crippen molar-refractivity contribution in [2.45, 2.75) is 26.3 Å². The van der Waals surface area contributed by atoms with E-state index in [1.807, 2.05) is 24.3 Å². The number of hydrogen-bond acceptors (Lipinski definition) is 5. The van der Waals surface area contributed by atoms with Crippen molar-refractivity contribution < 1.29 is 19.2 Å². The molecule has 2 aromatic carbocycles. The van der Waals surface area contributed by atoms with Crippen molar-refractivity contribution in [3.63, 3.8) is 0 Å². The van der Waals surface area contributed by atoms with E-state index >= 15 is 0 Å². The molecule has 0 saturated carbocycles. The predicted octanol–water partition coefficient (Wildman–Crippen LogP) is 2.82. The number of unbranched alkanes of at least 4 members (excludes halogenated alkanes) is 1. The molecule has 2 amide bonds. The third-order valence-electron chi connectivity index (χ3n) is 3.88. The zero-order valence-corrected chi connectivity index (χ0v) is 15.6. The smallest absolute Gasteiger partial charge is 0.270 e. The van der Waals surface area contributed by atoms with E-state index in [2.05, 4.69) is 17.6 Å². The first-order valence-electron chi connectivity index (χ1n) is 9.00. The highest BCUT2D eigenvalue weighted by Gasteiger charge is 2.12. The quantitative estimate of drug-likeness (QED) is 0.371. The maximum atomic E-state index is 12.0. The first-order valence-corrected chi connectivity index (χ1v) is 9.00. The topological polar surface area (TPSA) is 111 Å². The molecule has 0 heterocycles. The Hall–Kier alpha value is -3.42. The van der Waals surface area contributed by atoms with Crippen molar-refractivity contribution >= 4 is 17.5 Å². The lowest BCUT2D eigenvalue weighted by Gasteiger charge is -2.09. The predicted molar refractivity (Wildman–Crippen MR) is 104 cm³/mol. The van der Waals surface area contributed by atoms with E-state index in [9.17, 15) is 19.7 Å². The second kappa shape index (κ2) is 10.7. The Morgan fingerprint density at radius 1 is 1.11 bits per heavy atom. The molecule has 0 aliphatic rings. The minimum atomic E-state index is -0.580. The lowest BCUT2D eigenvalue weighted by Crippen LogP contribution is -2.36. The summed E-state index contributed by atoms with van der Waals surface area (Å²) in [6.45, 7) is 2.81. The third-order valence-corrected chi connectivity index (χ3v) is 3.88. The average Bonchev–Trinajstić information content (AvgIpc) is 2.71. The molecule has 0 atom stereocenters. The summed E-state index contributed by atoms with van der Waals surface area (Å²) in [6, 6.07) is 12.8. The molecule has 0 radical (unpaired) electrons. The number of nitro benzene ring substituents is 1. The van der Waals surface area contributed by atoms with Crippen molar-refractivity contribution in [1.82, 2.24) is 10.6 Å². The van der Waals surface area contributed by atoms with Gasteiger partial charge in [-0.1, -0.05) is 31.5 Å². The fourth-order valence-corrected chi connectivity index (χ4v) is 2.37. The average molecular weight is 385 g/mol. The van der Waals surface area contributed by atoms with Gasteiger partial charge in [-0.25, -0.2) is 0 Å². The van der Waals surface area contributed by atoms with Gasteiger partial charge < -0.3 is 15.4 Å². The minimum absolute atomic E-state index is 0.124. The van der Waals surface area contributed by atoms with E-state index in [1.165, 1.54) is 18.2 Å². The molecule has 2 N–H and O–H groups in total. The number of amides is 2. The van der Waals surface area contributed by atoms with E-state index in [4.69, 9.17) is 4.74 Å². The maximum Gasteiger partial charge on any atom is 0.270 e. The Morgan fingerprint density at radius 2 is 1.89 bits per heavy atom. The molecular formula is C20H23N3O5. The third kappa shape index (κ3) is 6.71. The van der Waals surface area contributed by atoms with Gasteiger partial charge in [-0.3, -0.25) is 19.7 Å². The lowest BCUT2D eigenvalue weighted by atomic mass is 10.2. The molecule has 148 valence electrons. The van der Waals surface area contributed by atoms with Crippen molar-refractivity contribution in [3.8, 4) is 5.75 Å². The van der Waals surface area contributed by atoms with E-state index < -0.39 is 10.8 Å². The number of rotatable bonds is 10. The van der Waals surface area contributed by atoms with E-state index in [0.717, 1.165) is 30.2 Å². The second-order valence-electron chi connectivity index (χ2n) is 6.12. The monoisotopic (exact) mass is 385 g/mol. The first kappa shape index (κ1) is 20.9. The van der Waals surface area contributed by atoms with Crippen LogP contribution in [0, 0.1) is 10.1 Å². The van der Waals surface area contributed by atoms with Gasteiger partial charge in [-0.2, -0.15) is 0 Å². The fourth-order valence-electron chi connectivity index (χ4n) is 2.37. The van der Waals surface area contributed by atoms with Crippen molar-refractivity contribution in [2.24, 2.45) is 0 Å². The summed E-state index contributed by atoms with van der Waals surface area (Å²) in [6.07, 6.45) is 2.03. The summed E-state index contributed by atoms with van der Waals surface area (Å²) < 4.78 is 5.63. The first-order chi connectivity index (χ1) is 13.5. The molecule has 8 heteroatoms. The van der Waals surface area contributed by atoms with Gasteiger partial charge in [0.1, 0.15) is 5.75 Å². The van der Waals surface area contributed by atoms with Crippen molar-refractivity contribution in [1.29, 1.82) is 0 Å². The van der Waals surface area contributed by atoms with E-state index in [1.54, 1.807) is 0 Å². The molecule has 2 aromatic rings. The summed E-state index contributed by atoms with van der Waals surface area (Å²) in [5.74, 6) is -0.166. The summed E-state index contributed by atoms with van der Waals surface area (Å²) in [4.78, 5) is 34.2. The van der Waals surface area contributed by atoms with E-state index in [0.29, 0.717) is 13.2 Å². The van der Waals surface area contributed by atoms with Gasteiger partial charge >= 0.3 is 0 Å². The summed E-state index contributed by atoms with van der Waals surface area (Å²) in [7, 11) is 0. The number of nitrogens with zero attached hydrogens (tertiary/aromatic N) is 1. The molecule has 0 bridgehead atoms. The molecule has 0 unspecified atom stereocenters. The molecule has 0 aliphatic heterocycles. The van der Waals surface area contributed by atoms with Gasteiger partial charge in [0.05, 0.1) is 18.1 Å². The highest BCUT2D eigenvalue weighted by Crippen LogP contribution is 2.14. The number of nitro groups is 1. The Morgan fingerprint density at radius 3 is 2.64 bits per heavy atom. The molecule has 8 nitrogen and oxygen atoms in total. The van der Waals surface area contributed by atoms with Crippen LogP contribution < -0.4 is 15.4 Å². The zero-order chi connectivity index (χ0) is 20.4. The zero-order valence-electron chi connectivity index (χ0n) is 15.6. The van der Waals surface area contributed by atoms with Crippen molar-refractivity contribution in [2.75, 3.05) is 13.2 Å². The lowest BCUT2D eigenvalue weighted by molar-refractivity contribution is -0.384. The number of non-ortho nitro benzene ring substituents is 1. The summed E-state index contributed by atoms with van der Waals surface area (Å²) in [5.41, 5.74) is 0.824. The van der Waals surface area contributed by atoms with Gasteiger partial charge in [0.15, 0.2) is 0 Å². The Kier molecular flexibility index (Phi) is 7.95. The summed E-state index contributed by atoms with van der Waals surface area (Å²) >= 11 is 0. The second-order valence-corrected chi connectivity index (χ2v) is 6.12. The number of nitrogens with one attached hydrogen (secondary N) is 2. The van der Waals surface area contributed by atoms with Crippen LogP contribution in [0.1, 0.15) is 35.7 Å². The molecule has 2 rings (SSSR count). The van der Waals surface area contributed by atoms with Gasteiger partial charge in [0.25, 0.3) is 11.6 Å². The van der Waals surface area contributed by atoms with Crippen LogP contribution in [0.4, 0.5) is 5.69 Å². The van der Waals surface area contributed by atoms with Crippen molar-refractivity contribution in [3.05, 3.63) is 69.8 Å². The molecule has 28 heavy (non-hydrogen) atoms. The SMILES string of the molecule is CCCCOc1cccc(CNC(=O)CNC(=O)c2cccc([N+](=O)[O-])c2)c1. The van der Waals surface area contributed by atoms with Gasteiger partial charge in [0.2, 0.25) is 5.91 Å². The Balaban J connectivity index is 1.80. The van der Waals surface area contributed by atoms with Gasteiger partial charge in [0, 0.05) is 24.2 Å². The number of carbonyl (C=O) groups excluding carboxylic acids is 2. The standard InChI is InChI=1S/C20H23N3O5/c1-2-3-10-28-18-9-4-6-15(11-18)13-21-19(24)14-22-20(25)16-7-5-8-17(12-16)23(26)27/h4-9,11-12H,2-3,10,13-14H2,1H3,(H,21,24)(H,22,25). The minimum Gasteiger partial charge on any atom is -0.494 e. The van der Waals surface area contributed by atoms with Gasteiger partial charge in [-0.15, -0.1) is 0 Å². The number of carbonyl (C=O) groups is 2. The van der Waals surface area contributed by atoms with Crippen LogP contribution in [-0.4, -0.2) is 29.9 Å². The van der Waals surface area contributed by atoms with Crippen LogP contribution in [0.5, 0.6) is 5.75 Å². The fraction of sp³-hybridized carbons (Fsp3) is 0.300. The highest BCUT2D eigenvalue weighted by atomic mass is 16.6. The van der Waals surface area contributed by atoms with Crippen LogP contribution in [0.15, 0.2) is 48.5 Å². The molecule has 0 saturated heterocycles. The normalized spacial score (nSPS) is 10.2. The number of benzene rings is 2. The van der Waals surface area contributed by atoms with Crippen LogP contribution in [0.2, 0.25) is 0 Å². The molecule has 0 fully saturated rings. The molecule has 0 spiro atoms. The highest BCUT2D eigenvalue weighted by molar-refractivity contribution is 5.96. The van der Waals surface area contributed by atoms with Crippen LogP contribution in [0.25, 0.3) is 0 Å². The van der Waals surface area contributed by atoms with E-state index in [-0.39, 0.29) is 23.7 Å². The van der Waals surface area contributed by atoms with Gasteiger partial charge in [-0.05, 0) is 30.2 Å². The number of hydrogen-bond donors (Lipinski definition) is 2. The number of ether oxygens (including phenoxy) is 1. The van der Waals surface area contributed by atoms with Crippen LogP contribution in [-0.2, 0) is 11.3 Å². The Bertz CT molecular complexity index is 838. The largest absolute Gasteiger partial charge is 0.494 e. The van der Waals surface area contributed by atoms with Crippen LogP contribution in [0.3, 0.4) is 0 Å². The Labute approximate surface area is 163 Å². The molecule has 0 aromatic heterocycles. The summed E-state index contributed by atoms with van der Waals surface area (Å²) in [5, 5.41) is 15.9. The van der Waals surface area contributed by atoms with Crippen LogP contribution >= 0.6 is 0 Å². The molecule has 0 aliphatic carbocycles. The maximum absolute atomic E-state index is 12.0.